The van der Waals surface area contributed by atoms with Crippen LogP contribution in [0.1, 0.15) is 92.7 Å². The Hall–Kier alpha value is -12.7. The Morgan fingerprint density at radius 1 is 0.430 bits per heavy atom. The van der Waals surface area contributed by atoms with Crippen molar-refractivity contribution in [1.29, 1.82) is 0 Å². The van der Waals surface area contributed by atoms with E-state index in [1.807, 2.05) is 20.8 Å². The smallest absolute Gasteiger partial charge is 0.408 e. The molecule has 23 heteroatoms. The van der Waals surface area contributed by atoms with E-state index in [9.17, 15) is 47.9 Å². The van der Waals surface area contributed by atoms with E-state index >= 15 is 0 Å². The fourth-order valence-electron chi connectivity index (χ4n) is 11.7. The van der Waals surface area contributed by atoms with Gasteiger partial charge in [0, 0.05) is 95.7 Å². The summed E-state index contributed by atoms with van der Waals surface area (Å²) >= 11 is 0. The summed E-state index contributed by atoms with van der Waals surface area (Å²) in [5, 5.41) is 5.49. The average Bonchev–Trinajstić information content (AvgIpc) is 0.789. The highest BCUT2D eigenvalue weighted by Gasteiger charge is 2.48. The molecule has 1 saturated carbocycles. The SMILES string of the molecule is C=CC(=O)CCCc1ccc(N(c2ccc(C)cc2)c2ccc(C)cc2)cc1.C=CC(=O)OCC(COC(=O)C=C)(COC(=O)C=C)COC(=O)NC1CCC(C)(CNC(=O)OC(COC(=O)C=C)(COC(=O)C=C)COC(=O)C=C)C(C)(C)C1.C=CC(=O)OCCCc1ccccc1N(c1ccc(C)cc1)c1ccc(C)cc1. The number of esters is 7. The largest absolute Gasteiger partial charge is 0.463 e. The molecule has 6 aromatic rings. The fraction of sp³-hybridized carbons (Fsp3) is 0.319. The molecule has 2 N–H and O–H groups in total. The number of para-hydroxylation sites is 1. The lowest BCUT2D eigenvalue weighted by Gasteiger charge is -2.50. The Morgan fingerprint density at radius 2 is 0.798 bits per heavy atom. The Bertz CT molecular complexity index is 4110. The molecule has 6 aromatic carbocycles. The van der Waals surface area contributed by atoms with Crippen LogP contribution in [-0.4, -0.2) is 131 Å². The molecule has 0 spiro atoms. The first-order valence-corrected chi connectivity index (χ1v) is 37.0. The Labute approximate surface area is 669 Å². The van der Waals surface area contributed by atoms with Crippen molar-refractivity contribution in [3.8, 4) is 0 Å². The van der Waals surface area contributed by atoms with E-state index in [1.54, 1.807) is 0 Å². The third-order valence-electron chi connectivity index (χ3n) is 18.9. The highest BCUT2D eigenvalue weighted by atomic mass is 16.6. The number of anilines is 6. The normalized spacial score (nSPS) is 13.7. The van der Waals surface area contributed by atoms with Crippen LogP contribution in [-0.2, 0) is 93.8 Å². The van der Waals surface area contributed by atoms with Crippen LogP contribution in [0.2, 0.25) is 0 Å². The summed E-state index contributed by atoms with van der Waals surface area (Å²) in [5.74, 6) is -5.45. The molecule has 0 bridgehead atoms. The predicted molar refractivity (Wildman–Crippen MR) is 439 cm³/mol. The molecular formula is C91H106N4O19. The third kappa shape index (κ3) is 30.2. The summed E-state index contributed by atoms with van der Waals surface area (Å²) in [4.78, 5) is 125. The van der Waals surface area contributed by atoms with E-state index in [0.29, 0.717) is 32.3 Å². The van der Waals surface area contributed by atoms with Gasteiger partial charge >= 0.3 is 54.0 Å². The minimum atomic E-state index is -1.98. The van der Waals surface area contributed by atoms with Gasteiger partial charge in [0.1, 0.15) is 51.7 Å². The lowest BCUT2D eigenvalue weighted by atomic mass is 9.57. The van der Waals surface area contributed by atoms with Gasteiger partial charge in [-0.3, -0.25) is 4.79 Å². The summed E-state index contributed by atoms with van der Waals surface area (Å²) < 4.78 is 47.0. The van der Waals surface area contributed by atoms with Crippen molar-refractivity contribution in [3.05, 3.63) is 280 Å². The first-order chi connectivity index (χ1) is 54.4. The van der Waals surface area contributed by atoms with Crippen LogP contribution in [0.25, 0.3) is 0 Å². The zero-order valence-corrected chi connectivity index (χ0v) is 66.4. The van der Waals surface area contributed by atoms with Gasteiger partial charge in [0.25, 0.3) is 0 Å². The summed E-state index contributed by atoms with van der Waals surface area (Å²) in [7, 11) is 0. The van der Waals surface area contributed by atoms with E-state index in [2.05, 4.69) is 246 Å². The van der Waals surface area contributed by atoms with E-state index in [1.165, 1.54) is 45.5 Å². The molecule has 0 heterocycles. The molecule has 2 unspecified atom stereocenters. The van der Waals surface area contributed by atoms with E-state index in [4.69, 9.17) is 42.6 Å². The second kappa shape index (κ2) is 46.2. The number of rotatable bonds is 40. The number of hydrogen-bond acceptors (Lipinski definition) is 21. The molecule has 604 valence electrons. The number of nitrogens with zero attached hydrogens (tertiary/aromatic N) is 2. The lowest BCUT2D eigenvalue weighted by molar-refractivity contribution is -0.170. The maximum absolute atomic E-state index is 13.3. The standard InChI is InChI=1S/C39H52N2O16.C26H27NO2.C26H27NO/c1-10-28(42)50-20-38(21-51-29(43)11-2,22-52-30(44)12-3)23-56-35(49)41-27-16-17-37(9,36(7,8)18-27)19-40-34(48)57-39(24-53-31(45)13-4,25-54-32(46)14-5)26-55-33(47)15-6;1-4-26(28)29-19-7-9-22-8-5-6-10-25(22)27(23-15-11-20(2)12-16-23)24-17-13-21(3)14-18-24;1-4-26(28)7-5-6-22-12-18-25(19-13-22)27(23-14-8-20(2)9-15-23)24-16-10-21(3)11-17-24/h10-15,27H,1-6,16-26H2,7-9H3,(H,40,48)(H,41,49);4-6,8,10-18H,1,7,9,19H2,2-3H3;4,8-19H,1,5-7H2,2-3H3. The van der Waals surface area contributed by atoms with Gasteiger partial charge in [-0.1, -0.05) is 175 Å². The average molecular weight is 1560 g/mol. The molecule has 0 aromatic heterocycles. The Balaban J connectivity index is 0.000000337. The van der Waals surface area contributed by atoms with Crippen molar-refractivity contribution in [1.82, 2.24) is 10.6 Å². The Kier molecular flexibility index (Phi) is 37.3. The number of benzene rings is 6. The van der Waals surface area contributed by atoms with Gasteiger partial charge in [-0.25, -0.2) is 43.2 Å². The number of nitrogens with one attached hydrogen (secondary N) is 2. The summed E-state index contributed by atoms with van der Waals surface area (Å²) in [5.41, 5.74) is 9.53. The number of alkyl carbamates (subject to hydrolysis) is 2. The van der Waals surface area contributed by atoms with Gasteiger partial charge < -0.3 is 63.1 Å². The minimum Gasteiger partial charge on any atom is -0.463 e. The second-order valence-electron chi connectivity index (χ2n) is 28.2. The molecule has 1 fully saturated rings. The minimum absolute atomic E-state index is 0.0518. The molecule has 0 radical (unpaired) electrons. The number of ketones is 1. The van der Waals surface area contributed by atoms with Crippen LogP contribution in [0.4, 0.5) is 43.7 Å². The number of ether oxygens (including phenoxy) is 9. The van der Waals surface area contributed by atoms with Gasteiger partial charge in [-0.05, 0) is 167 Å². The zero-order valence-electron chi connectivity index (χ0n) is 66.4. The first kappa shape index (κ1) is 91.9. The van der Waals surface area contributed by atoms with Crippen LogP contribution in [0.15, 0.2) is 247 Å². The van der Waals surface area contributed by atoms with Crippen molar-refractivity contribution in [2.75, 3.05) is 69.2 Å². The summed E-state index contributed by atoms with van der Waals surface area (Å²) in [6, 6.07) is 50.9. The highest BCUT2D eigenvalue weighted by Crippen LogP contribution is 2.50. The second-order valence-corrected chi connectivity index (χ2v) is 28.2. The number of carbonyl (C=O) groups is 10. The quantitative estimate of drug-likeness (QED) is 0.0156. The predicted octanol–water partition coefficient (Wildman–Crippen LogP) is 16.4. The molecule has 1 aliphatic rings. The first-order valence-electron chi connectivity index (χ1n) is 37.0. The van der Waals surface area contributed by atoms with Crippen molar-refractivity contribution in [3.63, 3.8) is 0 Å². The number of amides is 2. The molecule has 0 aliphatic heterocycles. The fourth-order valence-corrected chi connectivity index (χ4v) is 11.7. The van der Waals surface area contributed by atoms with Crippen LogP contribution >= 0.6 is 0 Å². The number of hydrogen-bond donors (Lipinski definition) is 2. The summed E-state index contributed by atoms with van der Waals surface area (Å²) in [6.45, 7) is 37.4. The number of carbonyl (C=O) groups excluding carboxylic acids is 10. The van der Waals surface area contributed by atoms with Crippen LogP contribution in [0.5, 0.6) is 0 Å². The zero-order chi connectivity index (χ0) is 83.9. The van der Waals surface area contributed by atoms with E-state index in [0.717, 1.165) is 96.3 Å². The molecule has 2 amide bonds. The van der Waals surface area contributed by atoms with Crippen LogP contribution < -0.4 is 20.4 Å². The van der Waals surface area contributed by atoms with Crippen LogP contribution in [0.3, 0.4) is 0 Å². The van der Waals surface area contributed by atoms with Gasteiger partial charge in [0.05, 0.1) is 6.61 Å². The molecule has 1 aliphatic carbocycles. The number of allylic oxidation sites excluding steroid dienone is 1. The molecule has 2 atom stereocenters. The maximum Gasteiger partial charge on any atom is 0.408 e. The maximum atomic E-state index is 13.3. The molecule has 7 rings (SSSR count). The van der Waals surface area contributed by atoms with Crippen molar-refractivity contribution >= 4 is 93.9 Å². The van der Waals surface area contributed by atoms with Gasteiger partial charge in [0.15, 0.2) is 5.78 Å². The summed E-state index contributed by atoms with van der Waals surface area (Å²) in [6.07, 6.45) is 11.2. The topological polar surface area (TPSA) is 284 Å². The van der Waals surface area contributed by atoms with Gasteiger partial charge in [-0.2, -0.15) is 0 Å². The third-order valence-corrected chi connectivity index (χ3v) is 18.9. The van der Waals surface area contributed by atoms with Crippen molar-refractivity contribution in [2.24, 2.45) is 16.2 Å². The number of aryl methyl sites for hydroxylation is 6. The van der Waals surface area contributed by atoms with E-state index < -0.39 is 122 Å². The Morgan fingerprint density at radius 3 is 1.19 bits per heavy atom. The molecular weight excluding hydrogens is 1450 g/mol. The van der Waals surface area contributed by atoms with Gasteiger partial charge in [-0.15, -0.1) is 0 Å². The monoisotopic (exact) mass is 1560 g/mol. The van der Waals surface area contributed by atoms with Crippen molar-refractivity contribution in [2.45, 2.75) is 111 Å². The van der Waals surface area contributed by atoms with Crippen molar-refractivity contribution < 1.29 is 90.6 Å². The highest BCUT2D eigenvalue weighted by molar-refractivity contribution is 5.89. The lowest BCUT2D eigenvalue weighted by Crippen LogP contribution is -2.55. The molecule has 0 saturated heterocycles. The van der Waals surface area contributed by atoms with E-state index in [-0.39, 0.29) is 18.3 Å². The van der Waals surface area contributed by atoms with Crippen LogP contribution in [0, 0.1) is 43.9 Å². The van der Waals surface area contributed by atoms with Gasteiger partial charge in [0.2, 0.25) is 5.60 Å². The molecule has 114 heavy (non-hydrogen) atoms. The molecule has 23 nitrogen and oxygen atoms in total.